The van der Waals surface area contributed by atoms with Crippen LogP contribution in [0.2, 0.25) is 0 Å². The van der Waals surface area contributed by atoms with E-state index in [1.165, 1.54) is 0 Å². The highest BCUT2D eigenvalue weighted by Crippen LogP contribution is 2.40. The lowest BCUT2D eigenvalue weighted by Crippen LogP contribution is -2.32. The SMILES string of the molecule is CC1CCN(Cc2c(O)ccc3c2O/C(=C/c2c[nH]c4ccccc24)C3=O)CC1. The predicted molar refractivity (Wildman–Crippen MR) is 113 cm³/mol. The third kappa shape index (κ3) is 3.21. The Bertz CT molecular complexity index is 1120. The van der Waals surface area contributed by atoms with Crippen LogP contribution in [0.25, 0.3) is 17.0 Å². The van der Waals surface area contributed by atoms with Gasteiger partial charge in [0.2, 0.25) is 5.78 Å². The number of Topliss-reactive ketones (excluding diaryl/α,β-unsaturated/α-hetero) is 1. The van der Waals surface area contributed by atoms with Crippen LogP contribution in [0, 0.1) is 5.92 Å². The first-order chi connectivity index (χ1) is 14.1. The minimum Gasteiger partial charge on any atom is -0.507 e. The molecule has 5 rings (SSSR count). The zero-order chi connectivity index (χ0) is 20.0. The van der Waals surface area contributed by atoms with Gasteiger partial charge in [0.25, 0.3) is 0 Å². The van der Waals surface area contributed by atoms with E-state index in [0.717, 1.165) is 48.3 Å². The smallest absolute Gasteiger partial charge is 0.231 e. The number of rotatable bonds is 3. The number of piperidine rings is 1. The molecule has 0 amide bonds. The van der Waals surface area contributed by atoms with Crippen molar-refractivity contribution in [2.75, 3.05) is 13.1 Å². The molecule has 2 aliphatic heterocycles. The van der Waals surface area contributed by atoms with Gasteiger partial charge in [-0.3, -0.25) is 9.69 Å². The van der Waals surface area contributed by atoms with Gasteiger partial charge in [-0.2, -0.15) is 0 Å². The molecule has 2 aromatic carbocycles. The molecule has 5 nitrogen and oxygen atoms in total. The molecular formula is C24H24N2O3. The molecule has 0 aliphatic carbocycles. The number of phenols is 1. The summed E-state index contributed by atoms with van der Waals surface area (Å²) < 4.78 is 6.03. The van der Waals surface area contributed by atoms with Crippen LogP contribution in [-0.4, -0.2) is 33.9 Å². The minimum atomic E-state index is -0.140. The number of hydrogen-bond acceptors (Lipinski definition) is 4. The summed E-state index contributed by atoms with van der Waals surface area (Å²) in [6.07, 6.45) is 5.97. The Balaban J connectivity index is 1.47. The Hall–Kier alpha value is -3.05. The summed E-state index contributed by atoms with van der Waals surface area (Å²) >= 11 is 0. The average molecular weight is 388 g/mol. The van der Waals surface area contributed by atoms with E-state index >= 15 is 0 Å². The van der Waals surface area contributed by atoms with Gasteiger partial charge in [-0.15, -0.1) is 0 Å². The number of carbonyl (C=O) groups is 1. The van der Waals surface area contributed by atoms with Gasteiger partial charge in [0.1, 0.15) is 11.5 Å². The number of benzene rings is 2. The summed E-state index contributed by atoms with van der Waals surface area (Å²) in [5.74, 6) is 1.58. The fourth-order valence-corrected chi connectivity index (χ4v) is 4.25. The van der Waals surface area contributed by atoms with Crippen LogP contribution in [0.1, 0.15) is 41.3 Å². The predicted octanol–water partition coefficient (Wildman–Crippen LogP) is 4.72. The van der Waals surface area contributed by atoms with Crippen LogP contribution in [0.15, 0.2) is 48.4 Å². The van der Waals surface area contributed by atoms with Gasteiger partial charge in [-0.25, -0.2) is 0 Å². The largest absolute Gasteiger partial charge is 0.507 e. The molecule has 0 radical (unpaired) electrons. The van der Waals surface area contributed by atoms with E-state index in [2.05, 4.69) is 16.8 Å². The first kappa shape index (κ1) is 18.0. The molecule has 1 saturated heterocycles. The Kier molecular flexibility index (Phi) is 4.40. The van der Waals surface area contributed by atoms with Crippen LogP contribution in [0.5, 0.6) is 11.5 Å². The number of aromatic amines is 1. The van der Waals surface area contributed by atoms with Gasteiger partial charge >= 0.3 is 0 Å². The van der Waals surface area contributed by atoms with E-state index in [9.17, 15) is 9.90 Å². The molecule has 1 aromatic heterocycles. The fourth-order valence-electron chi connectivity index (χ4n) is 4.25. The van der Waals surface area contributed by atoms with Crippen molar-refractivity contribution >= 4 is 22.8 Å². The third-order valence-electron chi connectivity index (χ3n) is 6.08. The molecule has 1 fully saturated rings. The molecule has 0 bridgehead atoms. The lowest BCUT2D eigenvalue weighted by atomic mass is 9.98. The van der Waals surface area contributed by atoms with Crippen molar-refractivity contribution in [3.8, 4) is 11.5 Å². The number of nitrogens with one attached hydrogen (secondary N) is 1. The highest BCUT2D eigenvalue weighted by Gasteiger charge is 2.32. The number of H-pyrrole nitrogens is 1. The molecule has 3 aromatic rings. The van der Waals surface area contributed by atoms with Gasteiger partial charge in [0.05, 0.1) is 11.1 Å². The maximum atomic E-state index is 13.0. The molecule has 0 atom stereocenters. The van der Waals surface area contributed by atoms with Gasteiger partial charge in [-0.1, -0.05) is 25.1 Å². The molecule has 0 saturated carbocycles. The number of hydrogen-bond donors (Lipinski definition) is 2. The second-order valence-electron chi connectivity index (χ2n) is 8.13. The van der Waals surface area contributed by atoms with Gasteiger partial charge < -0.3 is 14.8 Å². The van der Waals surface area contributed by atoms with E-state index in [4.69, 9.17) is 4.74 Å². The fraction of sp³-hybridized carbons (Fsp3) is 0.292. The maximum absolute atomic E-state index is 13.0. The van der Waals surface area contributed by atoms with E-state index < -0.39 is 0 Å². The van der Waals surface area contributed by atoms with Crippen LogP contribution in [0.3, 0.4) is 0 Å². The van der Waals surface area contributed by atoms with Gasteiger partial charge in [0.15, 0.2) is 5.76 Å². The van der Waals surface area contributed by atoms with Crippen LogP contribution in [-0.2, 0) is 6.54 Å². The second-order valence-corrected chi connectivity index (χ2v) is 8.13. The Morgan fingerprint density at radius 2 is 2.00 bits per heavy atom. The molecule has 0 unspecified atom stereocenters. The summed E-state index contributed by atoms with van der Waals surface area (Å²) in [4.78, 5) is 18.5. The maximum Gasteiger partial charge on any atom is 0.231 e. The van der Waals surface area contributed by atoms with Crippen molar-refractivity contribution < 1.29 is 14.6 Å². The number of allylic oxidation sites excluding steroid dienone is 1. The van der Waals surface area contributed by atoms with Crippen LogP contribution in [0.4, 0.5) is 0 Å². The van der Waals surface area contributed by atoms with Crippen molar-refractivity contribution in [3.05, 3.63) is 65.0 Å². The number of fused-ring (bicyclic) bond motifs is 2. The Morgan fingerprint density at radius 1 is 1.21 bits per heavy atom. The normalized spacial score (nSPS) is 19.1. The van der Waals surface area contributed by atoms with Gasteiger partial charge in [0, 0.05) is 29.2 Å². The number of ether oxygens (including phenoxy) is 1. The molecule has 29 heavy (non-hydrogen) atoms. The topological polar surface area (TPSA) is 65.6 Å². The summed E-state index contributed by atoms with van der Waals surface area (Å²) in [6.45, 7) is 4.86. The molecule has 0 spiro atoms. The van der Waals surface area contributed by atoms with Crippen molar-refractivity contribution in [1.29, 1.82) is 0 Å². The summed E-state index contributed by atoms with van der Waals surface area (Å²) in [7, 11) is 0. The lowest BCUT2D eigenvalue weighted by Gasteiger charge is -2.30. The number of nitrogens with zero attached hydrogens (tertiary/aromatic N) is 1. The second kappa shape index (κ2) is 7.08. The summed E-state index contributed by atoms with van der Waals surface area (Å²) in [5.41, 5.74) is 3.15. The first-order valence-corrected chi connectivity index (χ1v) is 10.2. The molecule has 2 aliphatic rings. The number of carbonyl (C=O) groups excluding carboxylic acids is 1. The Labute approximate surface area is 169 Å². The third-order valence-corrected chi connectivity index (χ3v) is 6.08. The zero-order valence-corrected chi connectivity index (χ0v) is 16.4. The first-order valence-electron chi connectivity index (χ1n) is 10.2. The van der Waals surface area contributed by atoms with Crippen molar-refractivity contribution in [2.45, 2.75) is 26.3 Å². The number of likely N-dealkylation sites (tertiary alicyclic amines) is 1. The van der Waals surface area contributed by atoms with E-state index in [1.54, 1.807) is 18.2 Å². The highest BCUT2D eigenvalue weighted by molar-refractivity contribution is 6.15. The zero-order valence-electron chi connectivity index (χ0n) is 16.4. The number of phenolic OH excluding ortho intramolecular Hbond substituents is 1. The summed E-state index contributed by atoms with van der Waals surface area (Å²) in [5, 5.41) is 11.5. The van der Waals surface area contributed by atoms with E-state index in [-0.39, 0.29) is 11.5 Å². The van der Waals surface area contributed by atoms with Crippen molar-refractivity contribution in [3.63, 3.8) is 0 Å². The molecule has 3 heterocycles. The van der Waals surface area contributed by atoms with E-state index in [0.29, 0.717) is 29.2 Å². The molecular weight excluding hydrogens is 364 g/mol. The number of aromatic hydroxyl groups is 1. The average Bonchev–Trinajstić information content (AvgIpc) is 3.28. The number of aromatic nitrogens is 1. The molecule has 5 heteroatoms. The number of para-hydroxylation sites is 1. The van der Waals surface area contributed by atoms with Crippen LogP contribution < -0.4 is 4.74 Å². The Morgan fingerprint density at radius 3 is 2.83 bits per heavy atom. The highest BCUT2D eigenvalue weighted by atomic mass is 16.5. The number of ketones is 1. The molecule has 148 valence electrons. The van der Waals surface area contributed by atoms with Crippen molar-refractivity contribution in [1.82, 2.24) is 9.88 Å². The monoisotopic (exact) mass is 388 g/mol. The van der Waals surface area contributed by atoms with Crippen molar-refractivity contribution in [2.24, 2.45) is 5.92 Å². The van der Waals surface area contributed by atoms with Crippen LogP contribution >= 0.6 is 0 Å². The molecule has 2 N–H and O–H groups in total. The summed E-state index contributed by atoms with van der Waals surface area (Å²) in [6, 6.07) is 11.2. The quantitative estimate of drug-likeness (QED) is 0.637. The van der Waals surface area contributed by atoms with Gasteiger partial charge in [-0.05, 0) is 56.1 Å². The van der Waals surface area contributed by atoms with E-state index in [1.807, 2.05) is 30.5 Å². The minimum absolute atomic E-state index is 0.140. The standard InChI is InChI=1S/C24H24N2O3/c1-15-8-10-26(11-9-15)14-19-21(27)7-6-18-23(28)22(29-24(18)19)12-16-13-25-20-5-3-2-4-17(16)20/h2-7,12-13,15,25,27H,8-11,14H2,1H3/b22-12+. The lowest BCUT2D eigenvalue weighted by molar-refractivity contribution is 0.101.